The summed E-state index contributed by atoms with van der Waals surface area (Å²) in [6.45, 7) is 2.08. The van der Waals surface area contributed by atoms with Crippen molar-refractivity contribution < 1.29 is 14.3 Å². The van der Waals surface area contributed by atoms with E-state index in [0.29, 0.717) is 12.0 Å². The van der Waals surface area contributed by atoms with Crippen LogP contribution in [0.2, 0.25) is 0 Å². The lowest BCUT2D eigenvalue weighted by Gasteiger charge is -2.57. The molecule has 0 radical (unpaired) electrons. The van der Waals surface area contributed by atoms with Crippen LogP contribution in [-0.4, -0.2) is 43.6 Å². The number of piperidine rings is 1. The molecule has 5 aliphatic rings. The second kappa shape index (κ2) is 6.23. The van der Waals surface area contributed by atoms with Gasteiger partial charge >= 0.3 is 12.0 Å². The lowest BCUT2D eigenvalue weighted by Crippen LogP contribution is -2.54. The Kier molecular flexibility index (Phi) is 4.21. The van der Waals surface area contributed by atoms with Crippen LogP contribution in [0, 0.1) is 29.1 Å². The number of carbonyl (C=O) groups is 2. The van der Waals surface area contributed by atoms with Crippen LogP contribution in [-0.2, 0) is 9.53 Å². The summed E-state index contributed by atoms with van der Waals surface area (Å²) < 4.78 is 4.85. The molecule has 2 amide bonds. The minimum absolute atomic E-state index is 0.0133. The highest BCUT2D eigenvalue weighted by molar-refractivity contribution is 5.77. The average molecular weight is 334 g/mol. The molecular weight excluding hydrogens is 304 g/mol. The number of methoxy groups -OCH3 is 1. The zero-order valence-electron chi connectivity index (χ0n) is 14.8. The van der Waals surface area contributed by atoms with Gasteiger partial charge in [-0.25, -0.2) is 4.79 Å². The van der Waals surface area contributed by atoms with E-state index in [9.17, 15) is 9.59 Å². The van der Waals surface area contributed by atoms with E-state index in [1.54, 1.807) is 0 Å². The van der Waals surface area contributed by atoms with Gasteiger partial charge in [-0.3, -0.25) is 4.79 Å². The van der Waals surface area contributed by atoms with Crippen molar-refractivity contribution in [3.63, 3.8) is 0 Å². The topological polar surface area (TPSA) is 58.6 Å². The number of hydrogen-bond acceptors (Lipinski definition) is 3. The van der Waals surface area contributed by atoms with Gasteiger partial charge in [-0.1, -0.05) is 0 Å². The Labute approximate surface area is 144 Å². The van der Waals surface area contributed by atoms with Crippen molar-refractivity contribution in [2.45, 2.75) is 51.4 Å². The minimum Gasteiger partial charge on any atom is -0.469 e. The maximum Gasteiger partial charge on any atom is 0.317 e. The standard InChI is InChI=1S/C19H30N2O3/c1-24-17(22)16-3-2-4-21(11-16)18(23)20-12-19-8-13-5-14(9-19)7-15(6-13)10-19/h13-16H,2-12H2,1H3,(H,20,23). The van der Waals surface area contributed by atoms with Crippen molar-refractivity contribution in [1.29, 1.82) is 0 Å². The molecule has 4 bridgehead atoms. The first-order chi connectivity index (χ1) is 11.6. The van der Waals surface area contributed by atoms with Crippen molar-refractivity contribution in [1.82, 2.24) is 10.2 Å². The smallest absolute Gasteiger partial charge is 0.317 e. The van der Waals surface area contributed by atoms with E-state index in [0.717, 1.165) is 43.7 Å². The van der Waals surface area contributed by atoms with Crippen molar-refractivity contribution in [2.75, 3.05) is 26.7 Å². The van der Waals surface area contributed by atoms with Gasteiger partial charge in [0.05, 0.1) is 13.0 Å². The molecule has 0 aromatic heterocycles. The maximum absolute atomic E-state index is 12.6. The van der Waals surface area contributed by atoms with Gasteiger partial charge in [0, 0.05) is 19.6 Å². The maximum atomic E-state index is 12.6. The molecule has 1 aliphatic heterocycles. The summed E-state index contributed by atoms with van der Waals surface area (Å²) in [7, 11) is 1.42. The van der Waals surface area contributed by atoms with Crippen LogP contribution in [0.3, 0.4) is 0 Å². The highest BCUT2D eigenvalue weighted by Gasteiger charge is 2.50. The Bertz CT molecular complexity index is 483. The van der Waals surface area contributed by atoms with Crippen LogP contribution in [0.5, 0.6) is 0 Å². The van der Waals surface area contributed by atoms with Crippen LogP contribution in [0.25, 0.3) is 0 Å². The molecular formula is C19H30N2O3. The van der Waals surface area contributed by atoms with Gasteiger partial charge in [-0.05, 0) is 74.5 Å². The summed E-state index contributed by atoms with van der Waals surface area (Å²) in [6.07, 6.45) is 9.93. The Morgan fingerprint density at radius 1 is 1.12 bits per heavy atom. The monoisotopic (exact) mass is 334 g/mol. The minimum atomic E-state index is -0.186. The molecule has 4 saturated carbocycles. The van der Waals surface area contributed by atoms with E-state index >= 15 is 0 Å². The first-order valence-electron chi connectivity index (χ1n) is 9.67. The number of rotatable bonds is 3. The molecule has 5 nitrogen and oxygen atoms in total. The third-order valence-electron chi connectivity index (χ3n) is 7.02. The summed E-state index contributed by atoms with van der Waals surface area (Å²) in [5, 5.41) is 3.22. The summed E-state index contributed by atoms with van der Waals surface area (Å²) in [5.41, 5.74) is 0.363. The van der Waals surface area contributed by atoms with Crippen molar-refractivity contribution in [2.24, 2.45) is 29.1 Å². The molecule has 134 valence electrons. The van der Waals surface area contributed by atoms with Crippen molar-refractivity contribution >= 4 is 12.0 Å². The van der Waals surface area contributed by atoms with Gasteiger partial charge in [-0.15, -0.1) is 0 Å². The first kappa shape index (κ1) is 16.2. The molecule has 1 heterocycles. The van der Waals surface area contributed by atoms with E-state index in [4.69, 9.17) is 4.74 Å². The summed E-state index contributed by atoms with van der Waals surface area (Å²) in [5.74, 6) is 2.38. The number of esters is 1. The molecule has 1 unspecified atom stereocenters. The predicted octanol–water partition coefficient (Wildman–Crippen LogP) is 2.80. The lowest BCUT2D eigenvalue weighted by atomic mass is 9.49. The van der Waals surface area contributed by atoms with Gasteiger partial charge in [0.1, 0.15) is 0 Å². The highest BCUT2D eigenvalue weighted by Crippen LogP contribution is 2.59. The fourth-order valence-corrected chi connectivity index (χ4v) is 6.40. The number of ether oxygens (including phenoxy) is 1. The van der Waals surface area contributed by atoms with E-state index < -0.39 is 0 Å². The number of nitrogens with zero attached hydrogens (tertiary/aromatic N) is 1. The van der Waals surface area contributed by atoms with Crippen molar-refractivity contribution in [3.05, 3.63) is 0 Å². The van der Waals surface area contributed by atoms with E-state index in [1.807, 2.05) is 4.90 Å². The number of hydrogen-bond donors (Lipinski definition) is 1. The SMILES string of the molecule is COC(=O)C1CCCN(C(=O)NCC23CC4CC(CC(C4)C2)C3)C1. The van der Waals surface area contributed by atoms with Gasteiger partial charge < -0.3 is 15.0 Å². The molecule has 0 spiro atoms. The lowest BCUT2D eigenvalue weighted by molar-refractivity contribution is -0.146. The zero-order valence-corrected chi connectivity index (χ0v) is 14.8. The predicted molar refractivity (Wildman–Crippen MR) is 90.3 cm³/mol. The number of carbonyl (C=O) groups excluding carboxylic acids is 2. The van der Waals surface area contributed by atoms with Gasteiger partial charge in [0.15, 0.2) is 0 Å². The highest BCUT2D eigenvalue weighted by atomic mass is 16.5. The second-order valence-electron chi connectivity index (χ2n) is 8.88. The Morgan fingerprint density at radius 2 is 1.75 bits per heavy atom. The zero-order chi connectivity index (χ0) is 16.7. The van der Waals surface area contributed by atoms with Crippen LogP contribution in [0.4, 0.5) is 4.79 Å². The summed E-state index contributed by atoms with van der Waals surface area (Å²) in [4.78, 5) is 26.2. The Hall–Kier alpha value is -1.26. The van der Waals surface area contributed by atoms with E-state index in [2.05, 4.69) is 5.32 Å². The van der Waals surface area contributed by atoms with Crippen LogP contribution >= 0.6 is 0 Å². The fraction of sp³-hybridized carbons (Fsp3) is 0.895. The first-order valence-corrected chi connectivity index (χ1v) is 9.67. The molecule has 5 rings (SSSR count). The molecule has 1 saturated heterocycles. The summed E-state index contributed by atoms with van der Waals surface area (Å²) in [6, 6.07) is 0.0133. The number of amides is 2. The Morgan fingerprint density at radius 3 is 2.33 bits per heavy atom. The van der Waals surface area contributed by atoms with E-state index in [-0.39, 0.29) is 17.9 Å². The molecule has 24 heavy (non-hydrogen) atoms. The molecule has 0 aromatic carbocycles. The number of nitrogens with one attached hydrogen (secondary N) is 1. The van der Waals surface area contributed by atoms with Crippen molar-refractivity contribution in [3.8, 4) is 0 Å². The van der Waals surface area contributed by atoms with Gasteiger partial charge in [0.2, 0.25) is 0 Å². The normalized spacial score (nSPS) is 40.5. The Balaban J connectivity index is 1.33. The van der Waals surface area contributed by atoms with Gasteiger partial charge in [-0.2, -0.15) is 0 Å². The summed E-state index contributed by atoms with van der Waals surface area (Å²) >= 11 is 0. The van der Waals surface area contributed by atoms with Crippen LogP contribution in [0.1, 0.15) is 51.4 Å². The van der Waals surface area contributed by atoms with E-state index in [1.165, 1.54) is 45.6 Å². The number of urea groups is 1. The molecule has 5 fully saturated rings. The largest absolute Gasteiger partial charge is 0.469 e. The second-order valence-corrected chi connectivity index (χ2v) is 8.88. The molecule has 4 aliphatic carbocycles. The number of likely N-dealkylation sites (tertiary alicyclic amines) is 1. The third-order valence-corrected chi connectivity index (χ3v) is 7.02. The molecule has 1 N–H and O–H groups in total. The van der Waals surface area contributed by atoms with Crippen LogP contribution in [0.15, 0.2) is 0 Å². The molecule has 1 atom stereocenters. The third kappa shape index (κ3) is 3.02. The van der Waals surface area contributed by atoms with Gasteiger partial charge in [0.25, 0.3) is 0 Å². The molecule has 0 aromatic rings. The fourth-order valence-electron chi connectivity index (χ4n) is 6.40. The average Bonchev–Trinajstić information content (AvgIpc) is 2.58. The molecule has 5 heteroatoms. The quantitative estimate of drug-likeness (QED) is 0.808. The van der Waals surface area contributed by atoms with Crippen LogP contribution < -0.4 is 5.32 Å².